The van der Waals surface area contributed by atoms with Crippen LogP contribution in [0.5, 0.6) is 0 Å². The van der Waals surface area contributed by atoms with Crippen LogP contribution in [-0.4, -0.2) is 45.4 Å². The fraction of sp³-hybridized carbons (Fsp3) is 0.348. The Balaban J connectivity index is 1.56. The summed E-state index contributed by atoms with van der Waals surface area (Å²) in [7, 11) is 1.57. The van der Waals surface area contributed by atoms with Crippen molar-refractivity contribution in [2.75, 3.05) is 7.11 Å². The second-order valence-corrected chi connectivity index (χ2v) is 9.49. The van der Waals surface area contributed by atoms with Gasteiger partial charge in [0, 0.05) is 47.9 Å². The van der Waals surface area contributed by atoms with Crippen molar-refractivity contribution in [3.05, 3.63) is 75.1 Å². The number of β-lactam (4-membered cyclic amide) rings is 1. The number of aromatic nitrogens is 1. The molecule has 3 heterocycles. The summed E-state index contributed by atoms with van der Waals surface area (Å²) in [6.07, 6.45) is 3.86. The summed E-state index contributed by atoms with van der Waals surface area (Å²) in [4.78, 5) is 43.7. The Labute approximate surface area is 194 Å². The number of thioether (sulfide) groups is 1. The second-order valence-electron chi connectivity index (χ2n) is 8.32. The highest BCUT2D eigenvalue weighted by molar-refractivity contribution is 8.03. The molecule has 1 aromatic heterocycles. The molecule has 2 atom stereocenters. The van der Waals surface area contributed by atoms with Crippen molar-refractivity contribution in [3.8, 4) is 0 Å². The normalized spacial score (nSPS) is 19.8. The number of ether oxygens (including phenoxy) is 2. The number of carbonyl (C=O) groups is 2. The van der Waals surface area contributed by atoms with E-state index in [-0.39, 0.29) is 35.9 Å². The molecule has 0 N–H and O–H groups in total. The SMILES string of the molecule is COC(C)(C)[C@@H]1C(=O)N2C(C(=O)OCc3ccc([N+](=O)[O-])cc3)=C(Sc3ccncc3)C[C@H]12. The average Bonchev–Trinajstić information content (AvgIpc) is 3.11. The van der Waals surface area contributed by atoms with E-state index >= 15 is 0 Å². The van der Waals surface area contributed by atoms with Gasteiger partial charge in [-0.05, 0) is 43.7 Å². The van der Waals surface area contributed by atoms with Gasteiger partial charge < -0.3 is 14.4 Å². The van der Waals surface area contributed by atoms with Gasteiger partial charge >= 0.3 is 5.97 Å². The molecule has 1 fully saturated rings. The van der Waals surface area contributed by atoms with E-state index < -0.39 is 16.5 Å². The predicted molar refractivity (Wildman–Crippen MR) is 120 cm³/mol. The number of carbonyl (C=O) groups excluding carboxylic acids is 2. The van der Waals surface area contributed by atoms with Crippen molar-refractivity contribution in [1.29, 1.82) is 0 Å². The Hall–Kier alpha value is -3.24. The van der Waals surface area contributed by atoms with E-state index in [2.05, 4.69) is 4.98 Å². The lowest BCUT2D eigenvalue weighted by atomic mass is 9.76. The first-order valence-corrected chi connectivity index (χ1v) is 11.1. The Morgan fingerprint density at radius 1 is 1.24 bits per heavy atom. The molecule has 33 heavy (non-hydrogen) atoms. The number of rotatable bonds is 8. The van der Waals surface area contributed by atoms with Crippen molar-refractivity contribution >= 4 is 29.3 Å². The summed E-state index contributed by atoms with van der Waals surface area (Å²) in [5, 5.41) is 10.8. The zero-order valence-corrected chi connectivity index (χ0v) is 19.2. The molecular weight excluding hydrogens is 446 g/mol. The van der Waals surface area contributed by atoms with E-state index in [1.807, 2.05) is 26.0 Å². The predicted octanol–water partition coefficient (Wildman–Crippen LogP) is 3.69. The van der Waals surface area contributed by atoms with Crippen LogP contribution >= 0.6 is 11.8 Å². The summed E-state index contributed by atoms with van der Waals surface area (Å²) in [5.41, 5.74) is 0.154. The zero-order valence-electron chi connectivity index (χ0n) is 18.4. The van der Waals surface area contributed by atoms with Crippen LogP contribution in [-0.2, 0) is 25.7 Å². The molecule has 9 nitrogen and oxygen atoms in total. The van der Waals surface area contributed by atoms with E-state index in [4.69, 9.17) is 9.47 Å². The van der Waals surface area contributed by atoms with Crippen molar-refractivity contribution in [2.24, 2.45) is 5.92 Å². The number of methoxy groups -OCH3 is 1. The highest BCUT2D eigenvalue weighted by atomic mass is 32.2. The topological polar surface area (TPSA) is 112 Å². The third-order valence-electron chi connectivity index (χ3n) is 6.00. The molecule has 1 aromatic carbocycles. The summed E-state index contributed by atoms with van der Waals surface area (Å²) in [5.74, 6) is -1.13. The molecule has 0 saturated carbocycles. The summed E-state index contributed by atoms with van der Waals surface area (Å²) < 4.78 is 11.1. The van der Waals surface area contributed by atoms with Crippen LogP contribution in [0.15, 0.2) is 64.3 Å². The van der Waals surface area contributed by atoms with E-state index in [1.165, 1.54) is 40.9 Å². The second kappa shape index (κ2) is 8.95. The molecule has 2 aliphatic heterocycles. The van der Waals surface area contributed by atoms with Gasteiger partial charge in [0.25, 0.3) is 5.69 Å². The number of pyridine rings is 1. The standard InChI is InChI=1S/C23H23N3O6S/c1-23(2,31-3)19-17-12-18(33-16-8-10-24-11-9-16)20(25(17)21(19)27)22(28)32-13-14-4-6-15(7-5-14)26(29)30/h4-11,17,19H,12-13H2,1-3H3/t17-,19+/m1/s1. The monoisotopic (exact) mass is 469 g/mol. The Morgan fingerprint density at radius 2 is 1.91 bits per heavy atom. The molecule has 0 spiro atoms. The van der Waals surface area contributed by atoms with Gasteiger partial charge in [0.1, 0.15) is 12.3 Å². The van der Waals surface area contributed by atoms with Gasteiger partial charge in [0.05, 0.1) is 22.5 Å². The number of nitrogens with zero attached hydrogens (tertiary/aromatic N) is 3. The molecule has 2 aromatic rings. The van der Waals surface area contributed by atoms with Gasteiger partial charge in [-0.15, -0.1) is 0 Å². The van der Waals surface area contributed by atoms with Crippen molar-refractivity contribution in [3.63, 3.8) is 0 Å². The third kappa shape index (κ3) is 4.36. The van der Waals surface area contributed by atoms with Gasteiger partial charge in [-0.2, -0.15) is 0 Å². The van der Waals surface area contributed by atoms with Crippen LogP contribution < -0.4 is 0 Å². The minimum Gasteiger partial charge on any atom is -0.456 e. The minimum atomic E-state index is -0.664. The van der Waals surface area contributed by atoms with Gasteiger partial charge in [-0.3, -0.25) is 19.9 Å². The maximum Gasteiger partial charge on any atom is 0.356 e. The summed E-state index contributed by atoms with van der Waals surface area (Å²) in [6.45, 7) is 3.67. The molecule has 0 radical (unpaired) electrons. The fourth-order valence-electron chi connectivity index (χ4n) is 4.12. The molecule has 0 aliphatic carbocycles. The van der Waals surface area contributed by atoms with E-state index in [0.717, 1.165) is 9.80 Å². The number of non-ortho nitro benzene ring substituents is 1. The van der Waals surface area contributed by atoms with Crippen LogP contribution in [0.2, 0.25) is 0 Å². The third-order valence-corrected chi connectivity index (χ3v) is 7.11. The Bertz CT molecular complexity index is 1120. The maximum atomic E-state index is 13.1. The number of benzene rings is 1. The molecule has 1 saturated heterocycles. The number of fused-ring (bicyclic) bond motifs is 1. The average molecular weight is 470 g/mol. The molecule has 10 heteroatoms. The van der Waals surface area contributed by atoms with Gasteiger partial charge in [-0.25, -0.2) is 4.79 Å². The number of esters is 1. The number of hydrogen-bond donors (Lipinski definition) is 0. The molecule has 2 aliphatic rings. The van der Waals surface area contributed by atoms with Crippen molar-refractivity contribution in [1.82, 2.24) is 9.88 Å². The highest BCUT2D eigenvalue weighted by Crippen LogP contribution is 2.51. The largest absolute Gasteiger partial charge is 0.456 e. The number of amides is 1. The fourth-order valence-corrected chi connectivity index (χ4v) is 5.20. The molecule has 0 unspecified atom stereocenters. The number of nitro benzene ring substituents is 1. The van der Waals surface area contributed by atoms with Crippen LogP contribution in [0.3, 0.4) is 0 Å². The molecule has 4 rings (SSSR count). The highest BCUT2D eigenvalue weighted by Gasteiger charge is 2.60. The smallest absolute Gasteiger partial charge is 0.356 e. The van der Waals surface area contributed by atoms with Gasteiger partial charge in [0.15, 0.2) is 0 Å². The maximum absolute atomic E-state index is 13.1. The summed E-state index contributed by atoms with van der Waals surface area (Å²) >= 11 is 1.41. The number of hydrogen-bond acceptors (Lipinski definition) is 8. The Morgan fingerprint density at radius 3 is 2.52 bits per heavy atom. The van der Waals surface area contributed by atoms with Crippen LogP contribution in [0.4, 0.5) is 5.69 Å². The van der Waals surface area contributed by atoms with Crippen LogP contribution in [0.1, 0.15) is 25.8 Å². The van der Waals surface area contributed by atoms with E-state index in [9.17, 15) is 19.7 Å². The van der Waals surface area contributed by atoms with E-state index in [1.54, 1.807) is 19.5 Å². The van der Waals surface area contributed by atoms with Gasteiger partial charge in [-0.1, -0.05) is 11.8 Å². The first-order chi connectivity index (χ1) is 15.7. The molecular formula is C23H23N3O6S. The Kier molecular flexibility index (Phi) is 6.22. The van der Waals surface area contributed by atoms with Crippen molar-refractivity contribution in [2.45, 2.75) is 43.4 Å². The first-order valence-electron chi connectivity index (χ1n) is 10.3. The lowest BCUT2D eigenvalue weighted by Gasteiger charge is -2.49. The number of nitro groups is 1. The van der Waals surface area contributed by atoms with Crippen molar-refractivity contribution < 1.29 is 24.0 Å². The van der Waals surface area contributed by atoms with Crippen LogP contribution in [0, 0.1) is 16.0 Å². The molecule has 1 amide bonds. The molecule has 0 bridgehead atoms. The zero-order chi connectivity index (χ0) is 23.8. The van der Waals surface area contributed by atoms with Crippen LogP contribution in [0.25, 0.3) is 0 Å². The quantitative estimate of drug-likeness (QED) is 0.249. The molecule has 172 valence electrons. The minimum absolute atomic E-state index is 0.0413. The lowest BCUT2D eigenvalue weighted by Crippen LogP contribution is -2.65. The first kappa shape index (κ1) is 22.9. The summed E-state index contributed by atoms with van der Waals surface area (Å²) in [6, 6.07) is 9.28. The lowest BCUT2D eigenvalue weighted by molar-refractivity contribution is -0.384. The van der Waals surface area contributed by atoms with E-state index in [0.29, 0.717) is 12.0 Å². The van der Waals surface area contributed by atoms with Gasteiger partial charge in [0.2, 0.25) is 5.91 Å².